The first-order valence-electron chi connectivity index (χ1n) is 5.90. The molecule has 0 aromatic carbocycles. The minimum atomic E-state index is 0.407. The fraction of sp³-hybridized carbons (Fsp3) is 0.727. The summed E-state index contributed by atoms with van der Waals surface area (Å²) in [6, 6.07) is 0.407. The summed E-state index contributed by atoms with van der Waals surface area (Å²) in [7, 11) is 4.08. The summed E-state index contributed by atoms with van der Waals surface area (Å²) in [6.45, 7) is 4.63. The van der Waals surface area contributed by atoms with E-state index in [1.807, 2.05) is 11.6 Å². The summed E-state index contributed by atoms with van der Waals surface area (Å²) >= 11 is 5.99. The van der Waals surface area contributed by atoms with Crippen LogP contribution in [0.2, 0.25) is 5.15 Å². The molecule has 2 N–H and O–H groups in total. The minimum absolute atomic E-state index is 0.407. The molecule has 1 aliphatic heterocycles. The molecule has 1 atom stereocenters. The van der Waals surface area contributed by atoms with Crippen molar-refractivity contribution in [3.05, 3.63) is 17.2 Å². The maximum Gasteiger partial charge on any atom is 0.128 e. The fourth-order valence-corrected chi connectivity index (χ4v) is 2.38. The van der Waals surface area contributed by atoms with Gasteiger partial charge in [0.1, 0.15) is 11.0 Å². The summed E-state index contributed by atoms with van der Waals surface area (Å²) in [6.07, 6.45) is 1.70. The van der Waals surface area contributed by atoms with Crippen LogP contribution in [0.4, 0.5) is 0 Å². The van der Waals surface area contributed by atoms with Gasteiger partial charge in [-0.2, -0.15) is 0 Å². The Labute approximate surface area is 107 Å². The van der Waals surface area contributed by atoms with Gasteiger partial charge in [-0.15, -0.1) is 0 Å². The van der Waals surface area contributed by atoms with Crippen molar-refractivity contribution in [1.29, 1.82) is 0 Å². The molecule has 2 rings (SSSR count). The van der Waals surface area contributed by atoms with Crippen LogP contribution in [0.25, 0.3) is 0 Å². The van der Waals surface area contributed by atoms with E-state index in [0.717, 1.165) is 32.0 Å². The molecule has 17 heavy (non-hydrogen) atoms. The first kappa shape index (κ1) is 12.8. The van der Waals surface area contributed by atoms with Crippen molar-refractivity contribution >= 4 is 11.6 Å². The molecule has 0 saturated carbocycles. The lowest BCUT2D eigenvalue weighted by molar-refractivity contribution is 0.0851. The molecule has 0 bridgehead atoms. The average molecular weight is 258 g/mol. The molecule has 5 nitrogen and oxygen atoms in total. The van der Waals surface area contributed by atoms with Gasteiger partial charge in [0.15, 0.2) is 0 Å². The molecule has 0 aliphatic carbocycles. The van der Waals surface area contributed by atoms with Crippen molar-refractivity contribution in [3.8, 4) is 0 Å². The zero-order valence-corrected chi connectivity index (χ0v) is 11.2. The second-order valence-electron chi connectivity index (χ2n) is 4.68. The zero-order chi connectivity index (χ0) is 12.4. The molecule has 1 aliphatic rings. The number of hydrogen-bond donors (Lipinski definition) is 1. The normalized spacial score (nSPS) is 23.2. The van der Waals surface area contributed by atoms with E-state index in [0.29, 0.717) is 17.7 Å². The van der Waals surface area contributed by atoms with E-state index < -0.39 is 0 Å². The van der Waals surface area contributed by atoms with E-state index in [2.05, 4.69) is 21.8 Å². The Kier molecular flexibility index (Phi) is 4.04. The number of halogens is 1. The molecule has 1 unspecified atom stereocenters. The SMILES string of the molecule is CN1CCN(Cc2ncc(Cl)n2C)C(CN)C1. The Morgan fingerprint density at radius 3 is 2.82 bits per heavy atom. The highest BCUT2D eigenvalue weighted by Crippen LogP contribution is 2.14. The van der Waals surface area contributed by atoms with E-state index in [4.69, 9.17) is 17.3 Å². The summed E-state index contributed by atoms with van der Waals surface area (Å²) in [4.78, 5) is 9.04. The number of piperazine rings is 1. The lowest BCUT2D eigenvalue weighted by atomic mass is 10.1. The van der Waals surface area contributed by atoms with Crippen LogP contribution in [0.15, 0.2) is 6.20 Å². The van der Waals surface area contributed by atoms with E-state index in [1.54, 1.807) is 6.20 Å². The zero-order valence-electron chi connectivity index (χ0n) is 10.4. The van der Waals surface area contributed by atoms with E-state index in [1.165, 1.54) is 0 Å². The van der Waals surface area contributed by atoms with Crippen LogP contribution >= 0.6 is 11.6 Å². The first-order valence-corrected chi connectivity index (χ1v) is 6.28. The number of hydrogen-bond acceptors (Lipinski definition) is 4. The number of aromatic nitrogens is 2. The Morgan fingerprint density at radius 2 is 2.24 bits per heavy atom. The second-order valence-corrected chi connectivity index (χ2v) is 5.07. The fourth-order valence-electron chi connectivity index (χ4n) is 2.23. The quantitative estimate of drug-likeness (QED) is 0.838. The van der Waals surface area contributed by atoms with Crippen LogP contribution in [0.3, 0.4) is 0 Å². The molecule has 1 saturated heterocycles. The van der Waals surface area contributed by atoms with Crippen molar-refractivity contribution < 1.29 is 0 Å². The standard InChI is InChI=1S/C11H20ClN5/c1-15-3-4-17(9(5-13)7-15)8-11-14-6-10(12)16(11)2/h6,9H,3-5,7-8,13H2,1-2H3. The highest BCUT2D eigenvalue weighted by molar-refractivity contribution is 6.29. The third-order valence-corrected chi connectivity index (χ3v) is 3.80. The van der Waals surface area contributed by atoms with Gasteiger partial charge in [-0.1, -0.05) is 11.6 Å². The lowest BCUT2D eigenvalue weighted by Gasteiger charge is -2.39. The largest absolute Gasteiger partial charge is 0.329 e. The molecule has 0 radical (unpaired) electrons. The van der Waals surface area contributed by atoms with Gasteiger partial charge in [0.2, 0.25) is 0 Å². The molecule has 0 amide bonds. The van der Waals surface area contributed by atoms with Crippen LogP contribution in [-0.2, 0) is 13.6 Å². The second kappa shape index (κ2) is 5.35. The topological polar surface area (TPSA) is 50.3 Å². The van der Waals surface area contributed by atoms with Gasteiger partial charge in [-0.05, 0) is 7.05 Å². The minimum Gasteiger partial charge on any atom is -0.329 e. The molecule has 96 valence electrons. The van der Waals surface area contributed by atoms with E-state index in [9.17, 15) is 0 Å². The molecule has 6 heteroatoms. The average Bonchev–Trinajstić information content (AvgIpc) is 2.63. The van der Waals surface area contributed by atoms with Crippen LogP contribution in [0.1, 0.15) is 5.82 Å². The van der Waals surface area contributed by atoms with Gasteiger partial charge in [-0.25, -0.2) is 4.98 Å². The predicted molar refractivity (Wildman–Crippen MR) is 69.0 cm³/mol. The Bertz CT molecular complexity index is 378. The Balaban J connectivity index is 2.04. The van der Waals surface area contributed by atoms with E-state index in [-0.39, 0.29) is 0 Å². The smallest absolute Gasteiger partial charge is 0.128 e. The summed E-state index contributed by atoms with van der Waals surface area (Å²) in [5.41, 5.74) is 5.83. The number of imidazole rings is 1. The van der Waals surface area contributed by atoms with Gasteiger partial charge in [0.25, 0.3) is 0 Å². The monoisotopic (exact) mass is 257 g/mol. The molecule has 1 fully saturated rings. The predicted octanol–water partition coefficient (Wildman–Crippen LogP) is 0.148. The maximum absolute atomic E-state index is 5.99. The highest BCUT2D eigenvalue weighted by atomic mass is 35.5. The van der Waals surface area contributed by atoms with Crippen LogP contribution < -0.4 is 5.73 Å². The Hall–Kier alpha value is -0.620. The summed E-state index contributed by atoms with van der Waals surface area (Å²) in [5, 5.41) is 0.679. The highest BCUT2D eigenvalue weighted by Gasteiger charge is 2.25. The number of nitrogens with two attached hydrogens (primary N) is 1. The van der Waals surface area contributed by atoms with Gasteiger partial charge >= 0.3 is 0 Å². The van der Waals surface area contributed by atoms with Crippen LogP contribution in [0, 0.1) is 0 Å². The van der Waals surface area contributed by atoms with Crippen LogP contribution in [0.5, 0.6) is 0 Å². The van der Waals surface area contributed by atoms with E-state index >= 15 is 0 Å². The molecule has 2 heterocycles. The van der Waals surface area contributed by atoms with Crippen LogP contribution in [-0.4, -0.2) is 58.6 Å². The van der Waals surface area contributed by atoms with Crippen molar-refractivity contribution in [1.82, 2.24) is 19.4 Å². The number of likely N-dealkylation sites (N-methyl/N-ethyl adjacent to an activating group) is 1. The van der Waals surface area contributed by atoms with Gasteiger partial charge in [-0.3, -0.25) is 4.90 Å². The number of rotatable bonds is 3. The third kappa shape index (κ3) is 2.80. The van der Waals surface area contributed by atoms with Crippen molar-refractivity contribution in [2.45, 2.75) is 12.6 Å². The third-order valence-electron chi connectivity index (χ3n) is 3.45. The van der Waals surface area contributed by atoms with Gasteiger partial charge in [0.05, 0.1) is 12.7 Å². The summed E-state index contributed by atoms with van der Waals surface area (Å²) < 4.78 is 1.92. The lowest BCUT2D eigenvalue weighted by Crippen LogP contribution is -2.54. The summed E-state index contributed by atoms with van der Waals surface area (Å²) in [5.74, 6) is 0.998. The van der Waals surface area contributed by atoms with Crippen molar-refractivity contribution in [3.63, 3.8) is 0 Å². The maximum atomic E-state index is 5.99. The van der Waals surface area contributed by atoms with Gasteiger partial charge in [0, 0.05) is 39.3 Å². The molecule has 0 spiro atoms. The molecular weight excluding hydrogens is 238 g/mol. The van der Waals surface area contributed by atoms with Gasteiger partial charge < -0.3 is 15.2 Å². The number of nitrogens with zero attached hydrogens (tertiary/aromatic N) is 4. The molecular formula is C11H20ClN5. The van der Waals surface area contributed by atoms with Crippen molar-refractivity contribution in [2.24, 2.45) is 12.8 Å². The molecule has 1 aromatic rings. The Morgan fingerprint density at radius 1 is 1.47 bits per heavy atom. The van der Waals surface area contributed by atoms with Crippen molar-refractivity contribution in [2.75, 3.05) is 33.2 Å². The molecule has 1 aromatic heterocycles. The first-order chi connectivity index (χ1) is 8.11.